The van der Waals surface area contributed by atoms with Gasteiger partial charge in [-0.15, -0.1) is 0 Å². The molecule has 2 aromatic rings. The van der Waals surface area contributed by atoms with Gasteiger partial charge in [0, 0.05) is 32.9 Å². The summed E-state index contributed by atoms with van der Waals surface area (Å²) in [6, 6.07) is 4.49. The number of ether oxygens (including phenoxy) is 1. The van der Waals surface area contributed by atoms with Crippen LogP contribution in [-0.2, 0) is 28.0 Å². The van der Waals surface area contributed by atoms with E-state index >= 15 is 0 Å². The van der Waals surface area contributed by atoms with E-state index in [1.807, 2.05) is 0 Å². The summed E-state index contributed by atoms with van der Waals surface area (Å²) in [5.74, 6) is 0.168. The highest BCUT2D eigenvalue weighted by Crippen LogP contribution is 2.26. The van der Waals surface area contributed by atoms with E-state index in [2.05, 4.69) is 10.3 Å². The van der Waals surface area contributed by atoms with Gasteiger partial charge in [-0.2, -0.15) is 17.0 Å². The molecule has 0 spiro atoms. The molecule has 1 N–H and O–H groups in total. The zero-order chi connectivity index (χ0) is 21.7. The Hall–Kier alpha value is -2.50. The van der Waals surface area contributed by atoms with E-state index in [4.69, 9.17) is 9.15 Å². The number of benzene rings is 1. The summed E-state index contributed by atoms with van der Waals surface area (Å²) in [5, 5.41) is 2.47. The summed E-state index contributed by atoms with van der Waals surface area (Å²) in [6.45, 7) is 0.765. The molecule has 164 valence electrons. The number of nitrogens with zero attached hydrogens (tertiary/aromatic N) is 3. The summed E-state index contributed by atoms with van der Waals surface area (Å²) in [4.78, 5) is 15.5. The fourth-order valence-electron chi connectivity index (χ4n) is 3.28. The Balaban J connectivity index is 1.50. The standard InChI is InChI=1S/C19H25FN4O5S/c1-23(2)30(26,27)24-7-5-14(6-8-24)9-15-3-4-16(10-18(15)20)22-19(25)28-12-17-11-21-13-29-17/h3-4,10-11,13-14H,5-9,12H2,1-2H3,(H,22,25). The molecule has 1 saturated heterocycles. The zero-order valence-electron chi connectivity index (χ0n) is 16.9. The smallest absolute Gasteiger partial charge is 0.412 e. The van der Waals surface area contributed by atoms with E-state index in [1.54, 1.807) is 12.1 Å². The molecule has 1 amide bonds. The predicted molar refractivity (Wildman–Crippen MR) is 107 cm³/mol. The van der Waals surface area contributed by atoms with E-state index in [0.717, 1.165) is 0 Å². The summed E-state index contributed by atoms with van der Waals surface area (Å²) in [6.07, 6.45) is 3.78. The molecule has 1 aliphatic rings. The van der Waals surface area contributed by atoms with Crippen LogP contribution in [0.4, 0.5) is 14.9 Å². The van der Waals surface area contributed by atoms with Gasteiger partial charge in [-0.1, -0.05) is 6.07 Å². The van der Waals surface area contributed by atoms with Crippen LogP contribution in [0.5, 0.6) is 0 Å². The molecule has 0 radical (unpaired) electrons. The first-order valence-electron chi connectivity index (χ1n) is 9.53. The molecule has 1 aliphatic heterocycles. The number of carbonyl (C=O) groups is 1. The molecule has 1 fully saturated rings. The van der Waals surface area contributed by atoms with Crippen LogP contribution < -0.4 is 5.32 Å². The van der Waals surface area contributed by atoms with Gasteiger partial charge in [-0.25, -0.2) is 14.2 Å². The summed E-state index contributed by atoms with van der Waals surface area (Å²) < 4.78 is 51.5. The van der Waals surface area contributed by atoms with Crippen LogP contribution in [-0.4, -0.2) is 55.3 Å². The molecule has 11 heteroatoms. The first-order valence-corrected chi connectivity index (χ1v) is 10.9. The third-order valence-electron chi connectivity index (χ3n) is 5.00. The fourth-order valence-corrected chi connectivity index (χ4v) is 4.41. The van der Waals surface area contributed by atoms with Crippen LogP contribution in [0, 0.1) is 11.7 Å². The van der Waals surface area contributed by atoms with E-state index in [0.29, 0.717) is 43.7 Å². The van der Waals surface area contributed by atoms with Gasteiger partial charge in [0.1, 0.15) is 5.82 Å². The number of hydrogen-bond donors (Lipinski definition) is 1. The number of anilines is 1. The van der Waals surface area contributed by atoms with E-state index in [1.165, 1.54) is 41.4 Å². The van der Waals surface area contributed by atoms with Gasteiger partial charge in [-0.05, 0) is 42.9 Å². The second kappa shape index (κ2) is 9.54. The zero-order valence-corrected chi connectivity index (χ0v) is 17.7. The second-order valence-corrected chi connectivity index (χ2v) is 9.45. The summed E-state index contributed by atoms with van der Waals surface area (Å²) >= 11 is 0. The van der Waals surface area contributed by atoms with Gasteiger partial charge >= 0.3 is 6.09 Å². The van der Waals surface area contributed by atoms with Gasteiger partial charge in [0.05, 0.1) is 6.20 Å². The van der Waals surface area contributed by atoms with Crippen LogP contribution in [0.15, 0.2) is 35.2 Å². The van der Waals surface area contributed by atoms with Crippen molar-refractivity contribution >= 4 is 22.0 Å². The fraction of sp³-hybridized carbons (Fsp3) is 0.474. The van der Waals surface area contributed by atoms with Crippen LogP contribution >= 0.6 is 0 Å². The highest BCUT2D eigenvalue weighted by Gasteiger charge is 2.29. The molecule has 0 saturated carbocycles. The number of aromatic nitrogens is 1. The third-order valence-corrected chi connectivity index (χ3v) is 6.94. The normalized spacial score (nSPS) is 16.0. The minimum absolute atomic E-state index is 0.0748. The van der Waals surface area contributed by atoms with Gasteiger partial charge in [-0.3, -0.25) is 5.32 Å². The number of hydrogen-bond acceptors (Lipinski definition) is 6. The number of oxazole rings is 1. The molecule has 0 aliphatic carbocycles. The highest BCUT2D eigenvalue weighted by atomic mass is 32.2. The van der Waals surface area contributed by atoms with Gasteiger partial charge in [0.15, 0.2) is 18.8 Å². The van der Waals surface area contributed by atoms with Crippen molar-refractivity contribution in [1.82, 2.24) is 13.6 Å². The van der Waals surface area contributed by atoms with Gasteiger partial charge in [0.2, 0.25) is 0 Å². The molecule has 9 nitrogen and oxygen atoms in total. The van der Waals surface area contributed by atoms with Gasteiger partial charge < -0.3 is 9.15 Å². The first-order chi connectivity index (χ1) is 14.3. The Labute approximate surface area is 175 Å². The lowest BCUT2D eigenvalue weighted by molar-refractivity contribution is 0.146. The lowest BCUT2D eigenvalue weighted by Gasteiger charge is -2.32. The number of piperidine rings is 1. The van der Waals surface area contributed by atoms with Crippen molar-refractivity contribution in [3.8, 4) is 0 Å². The Kier molecular flexibility index (Phi) is 7.06. The van der Waals surface area contributed by atoms with Crippen LogP contribution in [0.2, 0.25) is 0 Å². The van der Waals surface area contributed by atoms with Crippen molar-refractivity contribution in [3.05, 3.63) is 47.9 Å². The average Bonchev–Trinajstić information content (AvgIpc) is 3.22. The number of rotatable bonds is 7. The third kappa shape index (κ3) is 5.55. The van der Waals surface area contributed by atoms with Crippen molar-refractivity contribution in [3.63, 3.8) is 0 Å². The van der Waals surface area contributed by atoms with Crippen LogP contribution in [0.1, 0.15) is 24.2 Å². The minimum Gasteiger partial charge on any atom is -0.445 e. The SMILES string of the molecule is CN(C)S(=O)(=O)N1CCC(Cc2ccc(NC(=O)OCc3cnco3)cc2F)CC1. The molecule has 2 heterocycles. The Morgan fingerprint density at radius 2 is 2.10 bits per heavy atom. The Bertz CT molecular complexity index is 957. The molecular formula is C19H25FN4O5S. The highest BCUT2D eigenvalue weighted by molar-refractivity contribution is 7.86. The molecule has 3 rings (SSSR count). The monoisotopic (exact) mass is 440 g/mol. The maximum Gasteiger partial charge on any atom is 0.412 e. The van der Waals surface area contributed by atoms with Crippen molar-refractivity contribution < 1.29 is 26.8 Å². The Morgan fingerprint density at radius 3 is 2.70 bits per heavy atom. The molecule has 0 unspecified atom stereocenters. The van der Waals surface area contributed by atoms with Crippen LogP contribution in [0.25, 0.3) is 0 Å². The van der Waals surface area contributed by atoms with Crippen molar-refractivity contribution in [1.29, 1.82) is 0 Å². The summed E-state index contributed by atoms with van der Waals surface area (Å²) in [5.41, 5.74) is 0.815. The van der Waals surface area contributed by atoms with E-state index in [9.17, 15) is 17.6 Å². The maximum atomic E-state index is 14.5. The molecule has 1 aromatic carbocycles. The summed E-state index contributed by atoms with van der Waals surface area (Å²) in [7, 11) is -0.389. The largest absolute Gasteiger partial charge is 0.445 e. The van der Waals surface area contributed by atoms with E-state index < -0.39 is 22.1 Å². The molecule has 0 bridgehead atoms. The topological polar surface area (TPSA) is 105 Å². The predicted octanol–water partition coefficient (Wildman–Crippen LogP) is 2.62. The Morgan fingerprint density at radius 1 is 1.37 bits per heavy atom. The van der Waals surface area contributed by atoms with E-state index in [-0.39, 0.29) is 18.2 Å². The van der Waals surface area contributed by atoms with Crippen molar-refractivity contribution in [2.24, 2.45) is 5.92 Å². The molecular weight excluding hydrogens is 415 g/mol. The number of amides is 1. The number of nitrogens with one attached hydrogen (secondary N) is 1. The lowest BCUT2D eigenvalue weighted by atomic mass is 9.91. The van der Waals surface area contributed by atoms with Crippen molar-refractivity contribution in [2.45, 2.75) is 25.9 Å². The number of halogens is 1. The quantitative estimate of drug-likeness (QED) is 0.710. The average molecular weight is 440 g/mol. The first kappa shape index (κ1) is 22.2. The maximum absolute atomic E-state index is 14.5. The molecule has 30 heavy (non-hydrogen) atoms. The number of carbonyl (C=O) groups excluding carboxylic acids is 1. The van der Waals surface area contributed by atoms with Crippen molar-refractivity contribution in [2.75, 3.05) is 32.5 Å². The molecule has 0 atom stereocenters. The molecule has 1 aromatic heterocycles. The lowest BCUT2D eigenvalue weighted by Crippen LogP contribution is -2.44. The van der Waals surface area contributed by atoms with Gasteiger partial charge in [0.25, 0.3) is 10.2 Å². The second-order valence-electron chi connectivity index (χ2n) is 7.31. The van der Waals surface area contributed by atoms with Crippen LogP contribution in [0.3, 0.4) is 0 Å². The minimum atomic E-state index is -3.41.